The highest BCUT2D eigenvalue weighted by molar-refractivity contribution is 5.84. The van der Waals surface area contributed by atoms with Gasteiger partial charge < -0.3 is 4.74 Å². The number of carbonyl (C=O) groups is 1. The Morgan fingerprint density at radius 1 is 1.38 bits per heavy atom. The SMILES string of the molecule is O=C(COc1ccc([N+](=O)[O-])cc1)C1CC1. The number of carbonyl (C=O) groups excluding carboxylic acids is 1. The van der Waals surface area contributed by atoms with E-state index >= 15 is 0 Å². The highest BCUT2D eigenvalue weighted by atomic mass is 16.6. The van der Waals surface area contributed by atoms with E-state index in [4.69, 9.17) is 4.74 Å². The molecule has 1 saturated carbocycles. The van der Waals surface area contributed by atoms with Gasteiger partial charge in [-0.1, -0.05) is 0 Å². The Morgan fingerprint density at radius 3 is 2.50 bits per heavy atom. The smallest absolute Gasteiger partial charge is 0.269 e. The van der Waals surface area contributed by atoms with Crippen molar-refractivity contribution < 1.29 is 14.5 Å². The van der Waals surface area contributed by atoms with E-state index in [1.54, 1.807) is 0 Å². The van der Waals surface area contributed by atoms with Gasteiger partial charge in [-0.3, -0.25) is 14.9 Å². The predicted molar refractivity (Wildman–Crippen MR) is 56.3 cm³/mol. The Hall–Kier alpha value is -1.91. The van der Waals surface area contributed by atoms with E-state index in [1.807, 2.05) is 0 Å². The molecule has 5 heteroatoms. The Bertz CT molecular complexity index is 408. The van der Waals surface area contributed by atoms with Gasteiger partial charge in [-0.25, -0.2) is 0 Å². The van der Waals surface area contributed by atoms with Crippen LogP contribution in [0.5, 0.6) is 5.75 Å². The first-order chi connectivity index (χ1) is 7.66. The van der Waals surface area contributed by atoms with E-state index in [0.29, 0.717) is 5.75 Å². The maximum atomic E-state index is 11.3. The summed E-state index contributed by atoms with van der Waals surface area (Å²) in [4.78, 5) is 21.2. The molecule has 0 spiro atoms. The highest BCUT2D eigenvalue weighted by Crippen LogP contribution is 2.30. The number of nitro groups is 1. The van der Waals surface area contributed by atoms with Crippen LogP contribution in [0.4, 0.5) is 5.69 Å². The van der Waals surface area contributed by atoms with Crippen molar-refractivity contribution >= 4 is 11.5 Å². The largest absolute Gasteiger partial charge is 0.486 e. The molecule has 0 saturated heterocycles. The summed E-state index contributed by atoms with van der Waals surface area (Å²) in [5, 5.41) is 10.4. The molecule has 0 unspecified atom stereocenters. The second-order valence-electron chi connectivity index (χ2n) is 3.78. The Morgan fingerprint density at radius 2 is 2.00 bits per heavy atom. The van der Waals surface area contributed by atoms with Gasteiger partial charge >= 0.3 is 0 Å². The van der Waals surface area contributed by atoms with Gasteiger partial charge in [0.1, 0.15) is 12.4 Å². The number of non-ortho nitro benzene ring substituents is 1. The lowest BCUT2D eigenvalue weighted by molar-refractivity contribution is -0.384. The van der Waals surface area contributed by atoms with Crippen LogP contribution in [0.15, 0.2) is 24.3 Å². The zero-order valence-corrected chi connectivity index (χ0v) is 8.59. The molecule has 1 aliphatic carbocycles. The van der Waals surface area contributed by atoms with Gasteiger partial charge in [0.25, 0.3) is 5.69 Å². The third kappa shape index (κ3) is 2.56. The number of nitro benzene ring substituents is 1. The fourth-order valence-electron chi connectivity index (χ4n) is 1.34. The summed E-state index contributed by atoms with van der Waals surface area (Å²) in [6, 6.07) is 5.71. The minimum atomic E-state index is -0.473. The van der Waals surface area contributed by atoms with E-state index in [9.17, 15) is 14.9 Å². The molecule has 0 aliphatic heterocycles. The molecule has 5 nitrogen and oxygen atoms in total. The van der Waals surface area contributed by atoms with Gasteiger partial charge in [0.2, 0.25) is 0 Å². The third-order valence-corrected chi connectivity index (χ3v) is 2.46. The minimum Gasteiger partial charge on any atom is -0.486 e. The van der Waals surface area contributed by atoms with Gasteiger partial charge in [-0.05, 0) is 25.0 Å². The normalized spacial score (nSPS) is 14.5. The van der Waals surface area contributed by atoms with Crippen molar-refractivity contribution in [2.45, 2.75) is 12.8 Å². The lowest BCUT2D eigenvalue weighted by Crippen LogP contribution is -2.12. The summed E-state index contributed by atoms with van der Waals surface area (Å²) in [7, 11) is 0. The zero-order valence-electron chi connectivity index (χ0n) is 8.59. The number of ketones is 1. The zero-order chi connectivity index (χ0) is 11.5. The second kappa shape index (κ2) is 4.30. The molecular weight excluding hydrogens is 210 g/mol. The van der Waals surface area contributed by atoms with Crippen LogP contribution in [0.3, 0.4) is 0 Å². The number of Topliss-reactive ketones (excluding diaryl/α,β-unsaturated/α-hetero) is 1. The summed E-state index contributed by atoms with van der Waals surface area (Å²) >= 11 is 0. The van der Waals surface area contributed by atoms with Crippen molar-refractivity contribution in [1.82, 2.24) is 0 Å². The van der Waals surface area contributed by atoms with Gasteiger partial charge in [0, 0.05) is 18.1 Å². The molecule has 0 aromatic heterocycles. The summed E-state index contributed by atoms with van der Waals surface area (Å²) < 4.78 is 5.23. The molecule has 0 amide bonds. The fraction of sp³-hybridized carbons (Fsp3) is 0.364. The lowest BCUT2D eigenvalue weighted by atomic mass is 10.3. The topological polar surface area (TPSA) is 69.4 Å². The molecule has 84 valence electrons. The Kier molecular flexibility index (Phi) is 2.85. The first-order valence-electron chi connectivity index (χ1n) is 5.07. The monoisotopic (exact) mass is 221 g/mol. The molecule has 0 bridgehead atoms. The summed E-state index contributed by atoms with van der Waals surface area (Å²) in [5.74, 6) is 0.774. The maximum absolute atomic E-state index is 11.3. The van der Waals surface area contributed by atoms with Crippen molar-refractivity contribution in [2.75, 3.05) is 6.61 Å². The molecule has 1 aromatic carbocycles. The van der Waals surface area contributed by atoms with Gasteiger partial charge in [0.15, 0.2) is 5.78 Å². The summed E-state index contributed by atoms with van der Waals surface area (Å²) in [6.07, 6.45) is 1.92. The molecular formula is C11H11NO4. The van der Waals surface area contributed by atoms with E-state index in [2.05, 4.69) is 0 Å². The van der Waals surface area contributed by atoms with E-state index < -0.39 is 4.92 Å². The number of hydrogen-bond donors (Lipinski definition) is 0. The van der Waals surface area contributed by atoms with Crippen LogP contribution in [0.1, 0.15) is 12.8 Å². The second-order valence-corrected chi connectivity index (χ2v) is 3.78. The summed E-state index contributed by atoms with van der Waals surface area (Å²) in [5.41, 5.74) is 0.0147. The first-order valence-corrected chi connectivity index (χ1v) is 5.07. The maximum Gasteiger partial charge on any atom is 0.269 e. The fourth-order valence-corrected chi connectivity index (χ4v) is 1.34. The molecule has 0 N–H and O–H groups in total. The Labute approximate surface area is 92.2 Å². The lowest BCUT2D eigenvalue weighted by Gasteiger charge is -2.03. The average Bonchev–Trinajstić information content (AvgIpc) is 3.10. The number of hydrogen-bond acceptors (Lipinski definition) is 4. The minimum absolute atomic E-state index is 0.0147. The van der Waals surface area contributed by atoms with Gasteiger partial charge in [0.05, 0.1) is 4.92 Å². The van der Waals surface area contributed by atoms with Crippen molar-refractivity contribution in [1.29, 1.82) is 0 Å². The molecule has 1 aromatic rings. The molecule has 0 radical (unpaired) electrons. The quantitative estimate of drug-likeness (QED) is 0.562. The number of nitrogens with zero attached hydrogens (tertiary/aromatic N) is 1. The number of rotatable bonds is 5. The third-order valence-electron chi connectivity index (χ3n) is 2.46. The van der Waals surface area contributed by atoms with E-state index in [0.717, 1.165) is 12.8 Å². The van der Waals surface area contributed by atoms with Crippen LogP contribution in [0, 0.1) is 16.0 Å². The molecule has 0 atom stereocenters. The van der Waals surface area contributed by atoms with Crippen LogP contribution < -0.4 is 4.74 Å². The van der Waals surface area contributed by atoms with Crippen LogP contribution >= 0.6 is 0 Å². The van der Waals surface area contributed by atoms with Crippen molar-refractivity contribution in [3.8, 4) is 5.75 Å². The molecule has 2 rings (SSSR count). The van der Waals surface area contributed by atoms with E-state index in [-0.39, 0.29) is 24.0 Å². The van der Waals surface area contributed by atoms with Gasteiger partial charge in [-0.2, -0.15) is 0 Å². The Balaban J connectivity index is 1.89. The predicted octanol–water partition coefficient (Wildman–Crippen LogP) is 1.95. The van der Waals surface area contributed by atoms with Gasteiger partial charge in [-0.15, -0.1) is 0 Å². The van der Waals surface area contributed by atoms with Crippen LogP contribution in [0.2, 0.25) is 0 Å². The van der Waals surface area contributed by atoms with Crippen molar-refractivity contribution in [3.05, 3.63) is 34.4 Å². The van der Waals surface area contributed by atoms with Crippen LogP contribution in [-0.4, -0.2) is 17.3 Å². The molecule has 1 aliphatic rings. The number of ether oxygens (including phenoxy) is 1. The highest BCUT2D eigenvalue weighted by Gasteiger charge is 2.29. The number of benzene rings is 1. The average molecular weight is 221 g/mol. The molecule has 0 heterocycles. The van der Waals surface area contributed by atoms with Crippen molar-refractivity contribution in [3.63, 3.8) is 0 Å². The van der Waals surface area contributed by atoms with Crippen LogP contribution in [0.25, 0.3) is 0 Å². The molecule has 1 fully saturated rings. The molecule has 16 heavy (non-hydrogen) atoms. The van der Waals surface area contributed by atoms with Crippen molar-refractivity contribution in [2.24, 2.45) is 5.92 Å². The summed E-state index contributed by atoms with van der Waals surface area (Å²) in [6.45, 7) is 0.0580. The standard InChI is InChI=1S/C11H11NO4/c13-11(8-1-2-8)7-16-10-5-3-9(4-6-10)12(14)15/h3-6,8H,1-2,7H2. The van der Waals surface area contributed by atoms with Crippen LogP contribution in [-0.2, 0) is 4.79 Å². The first kappa shape index (κ1) is 10.6. The van der Waals surface area contributed by atoms with E-state index in [1.165, 1.54) is 24.3 Å².